The molecule has 0 heterocycles. The van der Waals surface area contributed by atoms with Crippen LogP contribution in [0.5, 0.6) is 0 Å². The van der Waals surface area contributed by atoms with E-state index in [4.69, 9.17) is 10.6 Å². The maximum absolute atomic E-state index is 12.5. The third-order valence-electron chi connectivity index (χ3n) is 5.53. The van der Waals surface area contributed by atoms with Gasteiger partial charge in [-0.05, 0) is 35.4 Å². The topological polar surface area (TPSA) is 155 Å². The van der Waals surface area contributed by atoms with Gasteiger partial charge in [-0.3, -0.25) is 14.4 Å². The molecule has 0 spiro atoms. The number of benzene rings is 1. The fourth-order valence-corrected chi connectivity index (χ4v) is 2.79. The van der Waals surface area contributed by atoms with E-state index in [1.54, 1.807) is 38.1 Å². The molecule has 1 aromatic carbocycles. The average Bonchev–Trinajstić information content (AvgIpc) is 2.83. The standard InChI is InChI=1S/C25H40N6O5/c1-7-25(5,6)16-28-24(35)36-15-18-9-11-19(12-10-18)29-20(32)13-27-23(34)22(17(3)4)30-21(33)14-31(26)8-2/h8-12,17,22H,2,7,13-16,26H2,1,3-6H3,(H,27,34)(H,28,35)(H,29,32)(H,30,33). The Labute approximate surface area is 213 Å². The lowest BCUT2D eigenvalue weighted by Crippen LogP contribution is -2.53. The number of hydrogen-bond donors (Lipinski definition) is 5. The highest BCUT2D eigenvalue weighted by Crippen LogP contribution is 2.17. The summed E-state index contributed by atoms with van der Waals surface area (Å²) in [5, 5.41) is 11.7. The molecule has 4 amide bonds. The van der Waals surface area contributed by atoms with Crippen LogP contribution in [0.4, 0.5) is 10.5 Å². The zero-order chi connectivity index (χ0) is 27.3. The fraction of sp³-hybridized carbons (Fsp3) is 0.520. The van der Waals surface area contributed by atoms with Crippen molar-refractivity contribution >= 4 is 29.5 Å². The zero-order valence-electron chi connectivity index (χ0n) is 21.8. The number of nitrogens with two attached hydrogens (primary N) is 1. The molecule has 11 heteroatoms. The third-order valence-corrected chi connectivity index (χ3v) is 5.53. The summed E-state index contributed by atoms with van der Waals surface area (Å²) in [4.78, 5) is 48.7. The van der Waals surface area contributed by atoms with Crippen LogP contribution >= 0.6 is 0 Å². The van der Waals surface area contributed by atoms with Crippen LogP contribution in [0.1, 0.15) is 46.6 Å². The van der Waals surface area contributed by atoms with Gasteiger partial charge < -0.3 is 31.0 Å². The summed E-state index contributed by atoms with van der Waals surface area (Å²) >= 11 is 0. The summed E-state index contributed by atoms with van der Waals surface area (Å²) in [7, 11) is 0. The molecule has 0 aliphatic carbocycles. The van der Waals surface area contributed by atoms with E-state index in [1.807, 2.05) is 0 Å². The average molecular weight is 505 g/mol. The summed E-state index contributed by atoms with van der Waals surface area (Å²) in [6, 6.07) is 5.97. The van der Waals surface area contributed by atoms with Crippen LogP contribution in [0.15, 0.2) is 37.0 Å². The number of ether oxygens (including phenoxy) is 1. The molecule has 0 fully saturated rings. The number of hydrazine groups is 1. The molecule has 0 saturated carbocycles. The van der Waals surface area contributed by atoms with Gasteiger partial charge in [-0.25, -0.2) is 10.6 Å². The van der Waals surface area contributed by atoms with E-state index in [0.29, 0.717) is 12.2 Å². The van der Waals surface area contributed by atoms with Gasteiger partial charge in [0.05, 0.1) is 6.54 Å². The predicted molar refractivity (Wildman–Crippen MR) is 138 cm³/mol. The number of hydrogen-bond acceptors (Lipinski definition) is 7. The molecule has 6 N–H and O–H groups in total. The first-order chi connectivity index (χ1) is 16.9. The molecular formula is C25H40N6O5. The molecule has 0 aliphatic heterocycles. The monoisotopic (exact) mass is 504 g/mol. The second kappa shape index (κ2) is 14.7. The summed E-state index contributed by atoms with van der Waals surface area (Å²) in [6.07, 6.45) is 1.74. The van der Waals surface area contributed by atoms with Gasteiger partial charge in [0.15, 0.2) is 0 Å². The van der Waals surface area contributed by atoms with Gasteiger partial charge in [0.1, 0.15) is 19.2 Å². The van der Waals surface area contributed by atoms with Crippen LogP contribution < -0.4 is 27.1 Å². The van der Waals surface area contributed by atoms with Crippen LogP contribution in [-0.4, -0.2) is 54.5 Å². The van der Waals surface area contributed by atoms with Crippen molar-refractivity contribution in [3.63, 3.8) is 0 Å². The molecule has 0 aromatic heterocycles. The highest BCUT2D eigenvalue weighted by atomic mass is 16.5. The van der Waals surface area contributed by atoms with Gasteiger partial charge in [0.2, 0.25) is 17.7 Å². The number of rotatable bonds is 14. The summed E-state index contributed by atoms with van der Waals surface area (Å²) in [5.74, 6) is 3.96. The van der Waals surface area contributed by atoms with Crippen LogP contribution in [0.2, 0.25) is 0 Å². The highest BCUT2D eigenvalue weighted by molar-refractivity contribution is 5.96. The summed E-state index contributed by atoms with van der Waals surface area (Å²) in [5.41, 5.74) is 1.28. The largest absolute Gasteiger partial charge is 0.445 e. The number of nitrogens with zero attached hydrogens (tertiary/aromatic N) is 1. The summed E-state index contributed by atoms with van der Waals surface area (Å²) in [6.45, 7) is 13.4. The number of nitrogens with one attached hydrogen (secondary N) is 4. The number of carbonyl (C=O) groups excluding carboxylic acids is 4. The maximum Gasteiger partial charge on any atom is 0.407 e. The van der Waals surface area contributed by atoms with Gasteiger partial charge in [0.25, 0.3) is 0 Å². The Morgan fingerprint density at radius 2 is 1.75 bits per heavy atom. The van der Waals surface area contributed by atoms with Crippen LogP contribution in [0, 0.1) is 11.3 Å². The van der Waals surface area contributed by atoms with Crippen LogP contribution in [0.3, 0.4) is 0 Å². The molecule has 0 radical (unpaired) electrons. The van der Waals surface area contributed by atoms with Crippen molar-refractivity contribution in [1.29, 1.82) is 0 Å². The maximum atomic E-state index is 12.5. The van der Waals surface area contributed by atoms with E-state index in [-0.39, 0.29) is 31.0 Å². The number of alkyl carbamates (subject to hydrolysis) is 1. The Morgan fingerprint density at radius 1 is 1.11 bits per heavy atom. The zero-order valence-corrected chi connectivity index (χ0v) is 21.8. The lowest BCUT2D eigenvalue weighted by atomic mass is 9.90. The SMILES string of the molecule is C=CN(N)CC(=O)NC(C(=O)NCC(=O)Nc1ccc(COC(=O)NCC(C)(C)CC)cc1)C(C)C. The van der Waals surface area contributed by atoms with E-state index >= 15 is 0 Å². The molecule has 0 aliphatic rings. The molecule has 11 nitrogen and oxygen atoms in total. The Morgan fingerprint density at radius 3 is 2.31 bits per heavy atom. The van der Waals surface area contributed by atoms with Crippen molar-refractivity contribution < 1.29 is 23.9 Å². The molecule has 1 atom stereocenters. The Balaban J connectivity index is 2.48. The number of carbonyl (C=O) groups is 4. The van der Waals surface area contributed by atoms with E-state index in [9.17, 15) is 19.2 Å². The van der Waals surface area contributed by atoms with Gasteiger partial charge in [-0.1, -0.05) is 53.3 Å². The van der Waals surface area contributed by atoms with E-state index in [0.717, 1.165) is 17.0 Å². The molecular weight excluding hydrogens is 464 g/mol. The van der Waals surface area contributed by atoms with Crippen LogP contribution in [-0.2, 0) is 25.7 Å². The van der Waals surface area contributed by atoms with E-state index in [1.165, 1.54) is 6.20 Å². The van der Waals surface area contributed by atoms with Crippen molar-refractivity contribution in [2.45, 2.75) is 53.7 Å². The first-order valence-corrected chi connectivity index (χ1v) is 11.9. The molecule has 0 saturated heterocycles. The Hall–Kier alpha value is -3.60. The predicted octanol–water partition coefficient (Wildman–Crippen LogP) is 1.86. The molecule has 200 valence electrons. The second-order valence-corrected chi connectivity index (χ2v) is 9.55. The Kier molecular flexibility index (Phi) is 12.4. The minimum Gasteiger partial charge on any atom is -0.445 e. The molecule has 0 bridgehead atoms. The summed E-state index contributed by atoms with van der Waals surface area (Å²) < 4.78 is 5.22. The van der Waals surface area contributed by atoms with Crippen molar-refractivity contribution in [1.82, 2.24) is 21.0 Å². The lowest BCUT2D eigenvalue weighted by Gasteiger charge is -2.23. The number of amides is 4. The minimum atomic E-state index is -0.826. The highest BCUT2D eigenvalue weighted by Gasteiger charge is 2.24. The van der Waals surface area contributed by atoms with Gasteiger partial charge in [-0.15, -0.1) is 0 Å². The molecule has 1 rings (SSSR count). The number of anilines is 1. The van der Waals surface area contributed by atoms with Gasteiger partial charge in [-0.2, -0.15) is 0 Å². The first-order valence-electron chi connectivity index (χ1n) is 11.9. The first kappa shape index (κ1) is 30.4. The molecule has 1 aromatic rings. The minimum absolute atomic E-state index is 0.000154. The van der Waals surface area contributed by atoms with E-state index < -0.39 is 29.9 Å². The lowest BCUT2D eigenvalue weighted by molar-refractivity contribution is -0.131. The normalized spacial score (nSPS) is 11.8. The smallest absolute Gasteiger partial charge is 0.407 e. The molecule has 1 unspecified atom stereocenters. The van der Waals surface area contributed by atoms with Crippen molar-refractivity contribution in [2.75, 3.05) is 25.0 Å². The van der Waals surface area contributed by atoms with Crippen molar-refractivity contribution in [3.05, 3.63) is 42.6 Å². The van der Waals surface area contributed by atoms with Crippen LogP contribution in [0.25, 0.3) is 0 Å². The van der Waals surface area contributed by atoms with Gasteiger partial charge in [0, 0.05) is 18.4 Å². The Bertz CT molecular complexity index is 901. The third kappa shape index (κ3) is 11.7. The van der Waals surface area contributed by atoms with Crippen molar-refractivity contribution in [2.24, 2.45) is 17.2 Å². The fourth-order valence-electron chi connectivity index (χ4n) is 2.79. The van der Waals surface area contributed by atoms with Crippen molar-refractivity contribution in [3.8, 4) is 0 Å². The quantitative estimate of drug-likeness (QED) is 0.191. The molecule has 36 heavy (non-hydrogen) atoms. The van der Waals surface area contributed by atoms with Gasteiger partial charge >= 0.3 is 6.09 Å². The van der Waals surface area contributed by atoms with E-state index in [2.05, 4.69) is 48.6 Å². The second-order valence-electron chi connectivity index (χ2n) is 9.55.